The van der Waals surface area contributed by atoms with Crippen LogP contribution in [-0.4, -0.2) is 0 Å². The summed E-state index contributed by atoms with van der Waals surface area (Å²) in [6, 6.07) is 43.0. The van der Waals surface area contributed by atoms with Gasteiger partial charge in [0.2, 0.25) is 0 Å². The van der Waals surface area contributed by atoms with Crippen LogP contribution in [-0.2, 0) is 0 Å². The molecule has 0 aliphatic rings. The van der Waals surface area contributed by atoms with Crippen molar-refractivity contribution in [2.24, 2.45) is 0 Å². The van der Waals surface area contributed by atoms with Gasteiger partial charge in [-0.3, -0.25) is 0 Å². The van der Waals surface area contributed by atoms with E-state index in [1.54, 1.807) is 0 Å². The molecule has 0 saturated heterocycles. The van der Waals surface area contributed by atoms with Gasteiger partial charge in [-0.05, 0) is 92.5 Å². The van der Waals surface area contributed by atoms with Crippen molar-refractivity contribution in [1.82, 2.24) is 0 Å². The minimum Gasteiger partial charge on any atom is -0.0614 e. The molecule has 0 heterocycles. The Kier molecular flexibility index (Phi) is 4.91. The lowest BCUT2D eigenvalue weighted by Crippen LogP contribution is -1.93. The molecule has 0 aliphatic carbocycles. The Labute approximate surface area is 218 Å². The van der Waals surface area contributed by atoms with Crippen LogP contribution in [0.25, 0.3) is 65.7 Å². The lowest BCUT2D eigenvalue weighted by Gasteiger charge is -2.20. The molecule has 0 amide bonds. The summed E-state index contributed by atoms with van der Waals surface area (Å²) < 4.78 is 0. The topological polar surface area (TPSA) is 0 Å². The van der Waals surface area contributed by atoms with Crippen LogP contribution in [0.2, 0.25) is 0 Å². The highest BCUT2D eigenvalue weighted by molar-refractivity contribution is 6.29. The number of hydrogen-bond donors (Lipinski definition) is 0. The zero-order chi connectivity index (χ0) is 25.1. The maximum absolute atomic E-state index is 2.41. The summed E-state index contributed by atoms with van der Waals surface area (Å²) in [4.78, 5) is 0. The second-order valence-corrected chi connectivity index (χ2v) is 10.4. The van der Waals surface area contributed by atoms with E-state index in [0.29, 0.717) is 0 Å². The number of hydrogen-bond acceptors (Lipinski definition) is 0. The molecule has 0 heteroatoms. The molecule has 0 N–H and O–H groups in total. The van der Waals surface area contributed by atoms with Gasteiger partial charge in [-0.15, -0.1) is 0 Å². The third kappa shape index (κ3) is 3.52. The Hall–Kier alpha value is -4.42. The Morgan fingerprint density at radius 3 is 1.30 bits per heavy atom. The maximum Gasteiger partial charge on any atom is -0.00141 e. The summed E-state index contributed by atoms with van der Waals surface area (Å²) in [6.45, 7) is 6.52. The first-order chi connectivity index (χ1) is 18.1. The first-order valence-electron chi connectivity index (χ1n) is 13.0. The number of rotatable bonds is 3. The van der Waals surface area contributed by atoms with Gasteiger partial charge in [-0.25, -0.2) is 0 Å². The highest BCUT2D eigenvalue weighted by atomic mass is 14.2. The molecule has 7 aromatic rings. The van der Waals surface area contributed by atoms with Crippen LogP contribution in [0.15, 0.2) is 115 Å². The molecule has 0 aliphatic heterocycles. The molecule has 0 spiro atoms. The van der Waals surface area contributed by atoms with Crippen molar-refractivity contribution in [2.75, 3.05) is 0 Å². The van der Waals surface area contributed by atoms with Crippen LogP contribution in [0, 0.1) is 20.8 Å². The molecule has 7 aromatic carbocycles. The molecule has 0 nitrogen and oxygen atoms in total. The molecular formula is C37H28. The van der Waals surface area contributed by atoms with Gasteiger partial charge in [-0.1, -0.05) is 126 Å². The van der Waals surface area contributed by atoms with Gasteiger partial charge in [-0.2, -0.15) is 0 Å². The molecule has 0 radical (unpaired) electrons. The van der Waals surface area contributed by atoms with Crippen LogP contribution < -0.4 is 0 Å². The van der Waals surface area contributed by atoms with Crippen LogP contribution in [0.5, 0.6) is 0 Å². The highest BCUT2D eigenvalue weighted by Gasteiger charge is 2.18. The van der Waals surface area contributed by atoms with Crippen LogP contribution in [0.1, 0.15) is 16.7 Å². The van der Waals surface area contributed by atoms with E-state index < -0.39 is 0 Å². The summed E-state index contributed by atoms with van der Waals surface area (Å²) in [5, 5.41) is 7.96. The maximum atomic E-state index is 2.41. The van der Waals surface area contributed by atoms with Gasteiger partial charge >= 0.3 is 0 Å². The van der Waals surface area contributed by atoms with Crippen LogP contribution >= 0.6 is 0 Å². The lowest BCUT2D eigenvalue weighted by molar-refractivity contribution is 1.46. The summed E-state index contributed by atoms with van der Waals surface area (Å²) in [5.74, 6) is 0. The second kappa shape index (κ2) is 8.32. The number of benzene rings is 7. The summed E-state index contributed by atoms with van der Waals surface area (Å²) in [6.07, 6.45) is 0. The fourth-order valence-electron chi connectivity index (χ4n) is 6.06. The summed E-state index contributed by atoms with van der Waals surface area (Å²) in [7, 11) is 0. The molecule has 0 unspecified atom stereocenters. The third-order valence-electron chi connectivity index (χ3n) is 7.77. The van der Waals surface area contributed by atoms with Crippen molar-refractivity contribution in [3.63, 3.8) is 0 Å². The molecule has 0 aromatic heterocycles. The SMILES string of the molecule is Cc1cccc(-c2ccc3ccc4c(-c5cccc(C)c5)cc(-c5cccc(C)c5)c5ccc2c3c45)c1. The van der Waals surface area contributed by atoms with E-state index in [-0.39, 0.29) is 0 Å². The second-order valence-electron chi connectivity index (χ2n) is 10.4. The standard InChI is InChI=1S/C37H28/c1-23-7-4-10-27(19-23)30-15-13-26-14-16-32-34(28-11-5-8-24(2)20-28)22-35(29-12-6-9-25(3)21-29)33-18-17-31(30)36(26)37(32)33/h4-22H,1-3H3. The quantitative estimate of drug-likeness (QED) is 0.224. The van der Waals surface area contributed by atoms with Gasteiger partial charge in [0.05, 0.1) is 0 Å². The molecule has 0 bridgehead atoms. The first kappa shape index (κ1) is 21.8. The summed E-state index contributed by atoms with van der Waals surface area (Å²) >= 11 is 0. The zero-order valence-corrected chi connectivity index (χ0v) is 21.5. The van der Waals surface area contributed by atoms with E-state index in [4.69, 9.17) is 0 Å². The van der Waals surface area contributed by atoms with Crippen molar-refractivity contribution < 1.29 is 0 Å². The molecule has 0 fully saturated rings. The average Bonchev–Trinajstić information content (AvgIpc) is 2.91. The van der Waals surface area contributed by atoms with E-state index in [0.717, 1.165) is 0 Å². The van der Waals surface area contributed by atoms with E-state index in [1.165, 1.54) is 82.4 Å². The van der Waals surface area contributed by atoms with Crippen LogP contribution in [0.3, 0.4) is 0 Å². The average molecular weight is 473 g/mol. The highest BCUT2D eigenvalue weighted by Crippen LogP contribution is 2.46. The molecule has 0 saturated carbocycles. The molecule has 7 rings (SSSR count). The Balaban J connectivity index is 1.66. The van der Waals surface area contributed by atoms with E-state index in [2.05, 4.69) is 136 Å². The first-order valence-corrected chi connectivity index (χ1v) is 13.0. The van der Waals surface area contributed by atoms with Crippen molar-refractivity contribution >= 4 is 32.3 Å². The van der Waals surface area contributed by atoms with Gasteiger partial charge in [0, 0.05) is 0 Å². The normalized spacial score (nSPS) is 11.6. The largest absolute Gasteiger partial charge is 0.0614 e. The van der Waals surface area contributed by atoms with Crippen molar-refractivity contribution in [2.45, 2.75) is 20.8 Å². The van der Waals surface area contributed by atoms with E-state index in [9.17, 15) is 0 Å². The number of aryl methyl sites for hydroxylation is 3. The zero-order valence-electron chi connectivity index (χ0n) is 21.5. The van der Waals surface area contributed by atoms with Crippen molar-refractivity contribution in [3.8, 4) is 33.4 Å². The molecule has 37 heavy (non-hydrogen) atoms. The Bertz CT molecular complexity index is 1890. The predicted molar refractivity (Wildman–Crippen MR) is 161 cm³/mol. The third-order valence-corrected chi connectivity index (χ3v) is 7.77. The fraction of sp³-hybridized carbons (Fsp3) is 0.0811. The van der Waals surface area contributed by atoms with E-state index >= 15 is 0 Å². The summed E-state index contributed by atoms with van der Waals surface area (Å²) in [5.41, 5.74) is 11.5. The van der Waals surface area contributed by atoms with E-state index in [1.807, 2.05) is 0 Å². The monoisotopic (exact) mass is 472 g/mol. The predicted octanol–water partition coefficient (Wildman–Crippen LogP) is 10.5. The van der Waals surface area contributed by atoms with Crippen LogP contribution in [0.4, 0.5) is 0 Å². The molecular weight excluding hydrogens is 444 g/mol. The van der Waals surface area contributed by atoms with Crippen molar-refractivity contribution in [3.05, 3.63) is 132 Å². The van der Waals surface area contributed by atoms with Gasteiger partial charge in [0.15, 0.2) is 0 Å². The minimum absolute atomic E-state index is 1.27. The van der Waals surface area contributed by atoms with Gasteiger partial charge < -0.3 is 0 Å². The fourth-order valence-corrected chi connectivity index (χ4v) is 6.06. The Morgan fingerprint density at radius 1 is 0.351 bits per heavy atom. The van der Waals surface area contributed by atoms with Crippen molar-refractivity contribution in [1.29, 1.82) is 0 Å². The van der Waals surface area contributed by atoms with Gasteiger partial charge in [0.25, 0.3) is 0 Å². The molecule has 0 atom stereocenters. The molecule has 176 valence electrons. The smallest absolute Gasteiger partial charge is 0.00141 e. The lowest BCUT2D eigenvalue weighted by atomic mass is 9.83. The minimum atomic E-state index is 1.27. The Morgan fingerprint density at radius 2 is 0.784 bits per heavy atom. The van der Waals surface area contributed by atoms with Gasteiger partial charge in [0.1, 0.15) is 0 Å².